The van der Waals surface area contributed by atoms with Crippen LogP contribution in [0.15, 0.2) is 97.3 Å². The van der Waals surface area contributed by atoms with E-state index in [-0.39, 0.29) is 11.8 Å². The lowest BCUT2D eigenvalue weighted by Gasteiger charge is -2.09. The van der Waals surface area contributed by atoms with Crippen molar-refractivity contribution in [2.75, 3.05) is 10.6 Å². The van der Waals surface area contributed by atoms with Crippen LogP contribution in [0.1, 0.15) is 20.7 Å². The molecule has 5 rings (SSSR count). The summed E-state index contributed by atoms with van der Waals surface area (Å²) in [7, 11) is 0. The van der Waals surface area contributed by atoms with Gasteiger partial charge in [0.2, 0.25) is 0 Å². The number of carbonyl (C=O) groups excluding carboxylic acids is 2. The van der Waals surface area contributed by atoms with Gasteiger partial charge < -0.3 is 10.6 Å². The molecule has 0 unspecified atom stereocenters. The van der Waals surface area contributed by atoms with Gasteiger partial charge in [-0.3, -0.25) is 19.6 Å². The van der Waals surface area contributed by atoms with Crippen molar-refractivity contribution in [3.05, 3.63) is 108 Å². The second-order valence-corrected chi connectivity index (χ2v) is 7.32. The highest BCUT2D eigenvalue weighted by atomic mass is 16.2. The van der Waals surface area contributed by atoms with Gasteiger partial charge in [-0.2, -0.15) is 0 Å². The second-order valence-electron chi connectivity index (χ2n) is 7.32. The van der Waals surface area contributed by atoms with Crippen molar-refractivity contribution in [3.8, 4) is 0 Å². The summed E-state index contributed by atoms with van der Waals surface area (Å²) >= 11 is 0. The molecule has 0 bridgehead atoms. The number of carbonyl (C=O) groups is 2. The molecule has 0 saturated heterocycles. The van der Waals surface area contributed by atoms with Crippen LogP contribution in [0.2, 0.25) is 0 Å². The third-order valence-corrected chi connectivity index (χ3v) is 5.08. The zero-order chi connectivity index (χ0) is 21.9. The topological polar surface area (TPSA) is 84.0 Å². The van der Waals surface area contributed by atoms with Gasteiger partial charge in [0, 0.05) is 21.9 Å². The predicted molar refractivity (Wildman–Crippen MR) is 126 cm³/mol. The minimum Gasteiger partial charge on any atom is -0.321 e. The first-order chi connectivity index (χ1) is 15.7. The summed E-state index contributed by atoms with van der Waals surface area (Å²) in [5.41, 5.74) is 3.64. The van der Waals surface area contributed by atoms with Gasteiger partial charge in [0.1, 0.15) is 0 Å². The number of rotatable bonds is 4. The maximum atomic E-state index is 12.7. The number of nitrogens with zero attached hydrogens (tertiary/aromatic N) is 2. The summed E-state index contributed by atoms with van der Waals surface area (Å²) in [5.74, 6) is -0.631. The average Bonchev–Trinajstić information content (AvgIpc) is 2.84. The van der Waals surface area contributed by atoms with Crippen LogP contribution in [-0.4, -0.2) is 21.8 Å². The maximum absolute atomic E-state index is 12.7. The van der Waals surface area contributed by atoms with E-state index >= 15 is 0 Å². The Balaban J connectivity index is 1.33. The summed E-state index contributed by atoms with van der Waals surface area (Å²) < 4.78 is 0. The van der Waals surface area contributed by atoms with E-state index in [1.807, 2.05) is 60.7 Å². The molecule has 3 aromatic carbocycles. The molecule has 5 aromatic rings. The number of anilines is 2. The van der Waals surface area contributed by atoms with Gasteiger partial charge in [-0.25, -0.2) is 0 Å². The smallest absolute Gasteiger partial charge is 0.255 e. The highest BCUT2D eigenvalue weighted by Crippen LogP contribution is 2.19. The fraction of sp³-hybridized carbons (Fsp3) is 0. The fourth-order valence-corrected chi connectivity index (χ4v) is 3.49. The molecular weight excluding hydrogens is 400 g/mol. The van der Waals surface area contributed by atoms with E-state index in [1.54, 1.807) is 36.7 Å². The Hall–Kier alpha value is -4.58. The van der Waals surface area contributed by atoms with Crippen LogP contribution in [-0.2, 0) is 0 Å². The number of hydrogen-bond acceptors (Lipinski definition) is 4. The molecule has 0 fully saturated rings. The summed E-state index contributed by atoms with van der Waals surface area (Å²) in [4.78, 5) is 34.2. The number of amides is 2. The molecule has 2 N–H and O–H groups in total. The van der Waals surface area contributed by atoms with Crippen LogP contribution in [0.3, 0.4) is 0 Å². The minimum atomic E-state index is -0.316. The largest absolute Gasteiger partial charge is 0.321 e. The Kier molecular flexibility index (Phi) is 5.01. The van der Waals surface area contributed by atoms with Gasteiger partial charge in [-0.05, 0) is 42.5 Å². The SMILES string of the molecule is O=C(Nc1cnc2ccccc2c1)c1cccc(C(=O)Nc2cnc3ccccc3c2)c1. The van der Waals surface area contributed by atoms with Gasteiger partial charge in [-0.15, -0.1) is 0 Å². The summed E-state index contributed by atoms with van der Waals surface area (Å²) in [6.45, 7) is 0. The number of para-hydroxylation sites is 2. The number of benzene rings is 3. The molecule has 2 aromatic heterocycles. The average molecular weight is 418 g/mol. The third-order valence-electron chi connectivity index (χ3n) is 5.08. The van der Waals surface area contributed by atoms with E-state index in [2.05, 4.69) is 20.6 Å². The standard InChI is InChI=1S/C26H18N4O2/c31-25(29-21-13-17-6-1-3-10-23(17)27-15-21)19-8-5-9-20(12-19)26(32)30-22-14-18-7-2-4-11-24(18)28-16-22/h1-16H,(H,29,31)(H,30,32). The molecule has 154 valence electrons. The molecule has 0 atom stereocenters. The van der Waals surface area contributed by atoms with E-state index < -0.39 is 0 Å². The van der Waals surface area contributed by atoms with Crippen molar-refractivity contribution in [1.82, 2.24) is 9.97 Å². The highest BCUT2D eigenvalue weighted by molar-refractivity contribution is 6.09. The van der Waals surface area contributed by atoms with Crippen LogP contribution in [0.25, 0.3) is 21.8 Å². The van der Waals surface area contributed by atoms with Gasteiger partial charge >= 0.3 is 0 Å². The van der Waals surface area contributed by atoms with Gasteiger partial charge in [0.05, 0.1) is 34.8 Å². The Bertz CT molecular complexity index is 1370. The normalized spacial score (nSPS) is 10.8. The first kappa shape index (κ1) is 19.4. The molecule has 2 amide bonds. The number of hydrogen-bond donors (Lipinski definition) is 2. The molecule has 0 aliphatic heterocycles. The van der Waals surface area contributed by atoms with E-state index in [0.717, 1.165) is 21.8 Å². The predicted octanol–water partition coefficient (Wildman–Crippen LogP) is 5.29. The van der Waals surface area contributed by atoms with E-state index in [0.29, 0.717) is 22.5 Å². The minimum absolute atomic E-state index is 0.316. The van der Waals surface area contributed by atoms with Gasteiger partial charge in [-0.1, -0.05) is 42.5 Å². The maximum Gasteiger partial charge on any atom is 0.255 e. The van der Waals surface area contributed by atoms with Crippen molar-refractivity contribution >= 4 is 45.0 Å². The Morgan fingerprint density at radius 2 is 1.03 bits per heavy atom. The number of nitrogens with one attached hydrogen (secondary N) is 2. The van der Waals surface area contributed by atoms with Crippen molar-refractivity contribution < 1.29 is 9.59 Å². The zero-order valence-corrected chi connectivity index (χ0v) is 16.9. The number of aromatic nitrogens is 2. The van der Waals surface area contributed by atoms with Crippen molar-refractivity contribution in [1.29, 1.82) is 0 Å². The molecule has 0 spiro atoms. The molecule has 0 aliphatic carbocycles. The molecule has 6 nitrogen and oxygen atoms in total. The summed E-state index contributed by atoms with van der Waals surface area (Å²) in [5, 5.41) is 7.55. The van der Waals surface area contributed by atoms with Crippen LogP contribution >= 0.6 is 0 Å². The monoisotopic (exact) mass is 418 g/mol. The van der Waals surface area contributed by atoms with Crippen LogP contribution < -0.4 is 10.6 Å². The quantitative estimate of drug-likeness (QED) is 0.415. The molecular formula is C26H18N4O2. The Morgan fingerprint density at radius 3 is 1.53 bits per heavy atom. The van der Waals surface area contributed by atoms with Crippen molar-refractivity contribution in [3.63, 3.8) is 0 Å². The molecule has 0 saturated carbocycles. The zero-order valence-electron chi connectivity index (χ0n) is 16.9. The lowest BCUT2D eigenvalue weighted by Crippen LogP contribution is -2.15. The van der Waals surface area contributed by atoms with E-state index in [4.69, 9.17) is 0 Å². The summed E-state index contributed by atoms with van der Waals surface area (Å²) in [6.07, 6.45) is 3.23. The van der Waals surface area contributed by atoms with Crippen molar-refractivity contribution in [2.45, 2.75) is 0 Å². The van der Waals surface area contributed by atoms with Gasteiger partial charge in [0.15, 0.2) is 0 Å². The first-order valence-electron chi connectivity index (χ1n) is 10.1. The van der Waals surface area contributed by atoms with Crippen molar-refractivity contribution in [2.24, 2.45) is 0 Å². The van der Waals surface area contributed by atoms with E-state index in [1.165, 1.54) is 0 Å². The van der Waals surface area contributed by atoms with Crippen LogP contribution in [0.4, 0.5) is 11.4 Å². The van der Waals surface area contributed by atoms with Crippen LogP contribution in [0, 0.1) is 0 Å². The fourth-order valence-electron chi connectivity index (χ4n) is 3.49. The molecule has 2 heterocycles. The van der Waals surface area contributed by atoms with Gasteiger partial charge in [0.25, 0.3) is 11.8 Å². The molecule has 6 heteroatoms. The number of pyridine rings is 2. The number of fused-ring (bicyclic) bond motifs is 2. The lowest BCUT2D eigenvalue weighted by atomic mass is 10.1. The summed E-state index contributed by atoms with van der Waals surface area (Å²) in [6, 6.07) is 25.7. The second kappa shape index (κ2) is 8.28. The highest BCUT2D eigenvalue weighted by Gasteiger charge is 2.12. The van der Waals surface area contributed by atoms with Crippen LogP contribution in [0.5, 0.6) is 0 Å². The third kappa shape index (κ3) is 4.02. The van der Waals surface area contributed by atoms with E-state index in [9.17, 15) is 9.59 Å². The Morgan fingerprint density at radius 1 is 0.562 bits per heavy atom. The Labute approximate surface area is 184 Å². The molecule has 32 heavy (non-hydrogen) atoms. The first-order valence-corrected chi connectivity index (χ1v) is 10.1. The molecule has 0 aliphatic rings. The lowest BCUT2D eigenvalue weighted by molar-refractivity contribution is 0.102. The molecule has 0 radical (unpaired) electrons.